The molecule has 0 spiro atoms. The van der Waals surface area contributed by atoms with Gasteiger partial charge >= 0.3 is 0 Å². The molecule has 1 aromatic heterocycles. The summed E-state index contributed by atoms with van der Waals surface area (Å²) in [7, 11) is -1.72. The molecule has 6 heteroatoms. The van der Waals surface area contributed by atoms with Crippen LogP contribution >= 0.6 is 0 Å². The number of rotatable bonds is 6. The minimum atomic E-state index is -3.55. The van der Waals surface area contributed by atoms with E-state index in [4.69, 9.17) is 4.42 Å². The molecule has 1 aromatic carbocycles. The number of furan rings is 1. The van der Waals surface area contributed by atoms with Crippen molar-refractivity contribution in [3.8, 4) is 0 Å². The lowest BCUT2D eigenvalue weighted by molar-refractivity contribution is 0.561. The highest BCUT2D eigenvalue weighted by atomic mass is 32.2. The molecule has 0 amide bonds. The summed E-state index contributed by atoms with van der Waals surface area (Å²) in [5.74, 6) is 0. The predicted octanol–water partition coefficient (Wildman–Crippen LogP) is 2.09. The van der Waals surface area contributed by atoms with Crippen molar-refractivity contribution in [1.29, 1.82) is 0 Å². The smallest absolute Gasteiger partial charge is 0.241 e. The number of nitrogens with one attached hydrogen (secondary N) is 2. The van der Waals surface area contributed by atoms with Gasteiger partial charge in [0.2, 0.25) is 10.0 Å². The van der Waals surface area contributed by atoms with E-state index in [0.29, 0.717) is 11.4 Å². The van der Waals surface area contributed by atoms with Crippen molar-refractivity contribution >= 4 is 10.0 Å². The van der Waals surface area contributed by atoms with Crippen LogP contribution in [0.3, 0.4) is 0 Å². The van der Waals surface area contributed by atoms with Crippen molar-refractivity contribution in [1.82, 2.24) is 10.0 Å². The molecule has 21 heavy (non-hydrogen) atoms. The first kappa shape index (κ1) is 15.8. The zero-order valence-electron chi connectivity index (χ0n) is 12.4. The molecular weight excluding hydrogens is 288 g/mol. The highest BCUT2D eigenvalue weighted by molar-refractivity contribution is 7.89. The molecule has 0 aliphatic heterocycles. The quantitative estimate of drug-likeness (QED) is 0.857. The Morgan fingerprint density at radius 3 is 2.52 bits per heavy atom. The van der Waals surface area contributed by atoms with Crippen molar-refractivity contribution in [3.63, 3.8) is 0 Å². The Labute approximate surface area is 125 Å². The normalized spacial score (nSPS) is 11.8. The summed E-state index contributed by atoms with van der Waals surface area (Å²) in [6.45, 7) is 4.59. The molecule has 0 saturated carbocycles. The second-order valence-electron chi connectivity index (χ2n) is 5.02. The molecule has 114 valence electrons. The van der Waals surface area contributed by atoms with E-state index in [0.717, 1.165) is 22.3 Å². The summed E-state index contributed by atoms with van der Waals surface area (Å²) < 4.78 is 32.5. The summed E-state index contributed by atoms with van der Waals surface area (Å²) in [6, 6.07) is 5.45. The summed E-state index contributed by atoms with van der Waals surface area (Å²) >= 11 is 0. The van der Waals surface area contributed by atoms with Gasteiger partial charge in [-0.25, -0.2) is 13.1 Å². The third-order valence-electron chi connectivity index (χ3n) is 3.40. The summed E-state index contributed by atoms with van der Waals surface area (Å²) in [5.41, 5.74) is 3.48. The lowest BCUT2D eigenvalue weighted by Crippen LogP contribution is -2.24. The number of hydrogen-bond donors (Lipinski definition) is 2. The van der Waals surface area contributed by atoms with E-state index in [-0.39, 0.29) is 6.54 Å². The summed E-state index contributed by atoms with van der Waals surface area (Å²) in [5, 5.41) is 3.04. The number of sulfonamides is 1. The van der Waals surface area contributed by atoms with Crippen LogP contribution in [0.1, 0.15) is 22.3 Å². The van der Waals surface area contributed by atoms with Crippen LogP contribution in [0.15, 0.2) is 40.0 Å². The van der Waals surface area contributed by atoms with E-state index in [1.807, 2.05) is 27.0 Å². The fourth-order valence-corrected chi connectivity index (χ4v) is 3.52. The van der Waals surface area contributed by atoms with Gasteiger partial charge in [0.15, 0.2) is 0 Å². The SMILES string of the molecule is CNCc1cc(C)c(C)c(S(=O)(=O)NCc2ccoc2)c1. The number of benzene rings is 1. The topological polar surface area (TPSA) is 71.3 Å². The highest BCUT2D eigenvalue weighted by Gasteiger charge is 2.18. The molecule has 1 heterocycles. The third kappa shape index (κ3) is 3.72. The minimum absolute atomic E-state index is 0.216. The molecule has 0 bridgehead atoms. The van der Waals surface area contributed by atoms with Gasteiger partial charge in [0.25, 0.3) is 0 Å². The highest BCUT2D eigenvalue weighted by Crippen LogP contribution is 2.21. The largest absolute Gasteiger partial charge is 0.472 e. The van der Waals surface area contributed by atoms with Gasteiger partial charge < -0.3 is 9.73 Å². The monoisotopic (exact) mass is 308 g/mol. The first-order valence-electron chi connectivity index (χ1n) is 6.69. The summed E-state index contributed by atoms with van der Waals surface area (Å²) in [4.78, 5) is 0.330. The van der Waals surface area contributed by atoms with Crippen LogP contribution in [0.25, 0.3) is 0 Å². The number of hydrogen-bond acceptors (Lipinski definition) is 4. The lowest BCUT2D eigenvalue weighted by atomic mass is 10.1. The van der Waals surface area contributed by atoms with Gasteiger partial charge in [-0.05, 0) is 49.7 Å². The lowest BCUT2D eigenvalue weighted by Gasteiger charge is -2.13. The van der Waals surface area contributed by atoms with Crippen molar-refractivity contribution in [2.75, 3.05) is 7.05 Å². The average molecular weight is 308 g/mol. The predicted molar refractivity (Wildman–Crippen MR) is 81.4 cm³/mol. The van der Waals surface area contributed by atoms with Crippen LogP contribution in [0.2, 0.25) is 0 Å². The first-order chi connectivity index (χ1) is 9.94. The van der Waals surface area contributed by atoms with Crippen molar-refractivity contribution in [3.05, 3.63) is 53.0 Å². The Bertz CT molecular complexity index is 707. The van der Waals surface area contributed by atoms with Crippen LogP contribution in [-0.4, -0.2) is 15.5 Å². The van der Waals surface area contributed by atoms with E-state index in [9.17, 15) is 8.42 Å². The van der Waals surface area contributed by atoms with E-state index < -0.39 is 10.0 Å². The third-order valence-corrected chi connectivity index (χ3v) is 4.92. The second-order valence-corrected chi connectivity index (χ2v) is 6.76. The van der Waals surface area contributed by atoms with Gasteiger partial charge in [-0.2, -0.15) is 0 Å². The standard InChI is InChI=1S/C15H20N2O3S/c1-11-6-14(8-16-3)7-15(12(11)2)21(18,19)17-9-13-4-5-20-10-13/h4-7,10,16-17H,8-9H2,1-3H3. The van der Waals surface area contributed by atoms with Crippen molar-refractivity contribution in [2.24, 2.45) is 0 Å². The molecule has 0 atom stereocenters. The van der Waals surface area contributed by atoms with Crippen LogP contribution in [0.4, 0.5) is 0 Å². The fourth-order valence-electron chi connectivity index (χ4n) is 2.13. The van der Waals surface area contributed by atoms with Gasteiger partial charge in [0, 0.05) is 18.7 Å². The fraction of sp³-hybridized carbons (Fsp3) is 0.333. The Balaban J connectivity index is 2.30. The van der Waals surface area contributed by atoms with E-state index >= 15 is 0 Å². The van der Waals surface area contributed by atoms with Gasteiger partial charge in [0.1, 0.15) is 0 Å². The molecule has 0 aliphatic rings. The zero-order valence-corrected chi connectivity index (χ0v) is 13.3. The molecule has 2 rings (SSSR count). The van der Waals surface area contributed by atoms with Gasteiger partial charge in [0.05, 0.1) is 17.4 Å². The van der Waals surface area contributed by atoms with E-state index in [1.165, 1.54) is 12.5 Å². The Morgan fingerprint density at radius 1 is 1.14 bits per heavy atom. The number of aryl methyl sites for hydroxylation is 1. The minimum Gasteiger partial charge on any atom is -0.472 e. The molecular formula is C15H20N2O3S. The van der Waals surface area contributed by atoms with Crippen LogP contribution in [0, 0.1) is 13.8 Å². The first-order valence-corrected chi connectivity index (χ1v) is 8.18. The second kappa shape index (κ2) is 6.43. The average Bonchev–Trinajstić information content (AvgIpc) is 2.94. The van der Waals surface area contributed by atoms with Gasteiger partial charge in [-0.15, -0.1) is 0 Å². The van der Waals surface area contributed by atoms with Gasteiger partial charge in [-0.3, -0.25) is 0 Å². The van der Waals surface area contributed by atoms with Crippen LogP contribution in [0.5, 0.6) is 0 Å². The van der Waals surface area contributed by atoms with Crippen molar-refractivity contribution in [2.45, 2.75) is 31.8 Å². The maximum absolute atomic E-state index is 12.5. The molecule has 0 unspecified atom stereocenters. The Morgan fingerprint density at radius 2 is 1.90 bits per heavy atom. The summed E-state index contributed by atoms with van der Waals surface area (Å²) in [6.07, 6.45) is 3.05. The molecule has 0 aliphatic carbocycles. The molecule has 0 saturated heterocycles. The Kier molecular flexibility index (Phi) is 4.82. The van der Waals surface area contributed by atoms with E-state index in [1.54, 1.807) is 12.1 Å². The molecule has 2 aromatic rings. The Hall–Kier alpha value is -1.63. The maximum atomic E-state index is 12.5. The van der Waals surface area contributed by atoms with Crippen LogP contribution in [-0.2, 0) is 23.1 Å². The van der Waals surface area contributed by atoms with E-state index in [2.05, 4.69) is 10.0 Å². The molecule has 2 N–H and O–H groups in total. The van der Waals surface area contributed by atoms with Crippen molar-refractivity contribution < 1.29 is 12.8 Å². The molecule has 0 fully saturated rings. The van der Waals surface area contributed by atoms with Gasteiger partial charge in [-0.1, -0.05) is 6.07 Å². The zero-order chi connectivity index (χ0) is 15.5. The molecule has 5 nitrogen and oxygen atoms in total. The maximum Gasteiger partial charge on any atom is 0.241 e. The van der Waals surface area contributed by atoms with Crippen LogP contribution < -0.4 is 10.0 Å². The molecule has 0 radical (unpaired) electrons.